The molecule has 0 aromatic heterocycles. The van der Waals surface area contributed by atoms with E-state index in [1.165, 1.54) is 38.5 Å². The fraction of sp³-hybridized carbons (Fsp3) is 0.409. The predicted octanol–water partition coefficient (Wildman–Crippen LogP) is 2.63. The summed E-state index contributed by atoms with van der Waals surface area (Å²) >= 11 is 0. The van der Waals surface area contributed by atoms with Gasteiger partial charge in [-0.05, 0) is 55.8 Å². The fourth-order valence-corrected chi connectivity index (χ4v) is 5.83. The summed E-state index contributed by atoms with van der Waals surface area (Å²) in [6.45, 7) is 3.64. The van der Waals surface area contributed by atoms with Gasteiger partial charge >= 0.3 is 0 Å². The Hall–Kier alpha value is -2.82. The predicted molar refractivity (Wildman–Crippen MR) is 117 cm³/mol. The summed E-state index contributed by atoms with van der Waals surface area (Å²) in [5.41, 5.74) is 1.57. The minimum absolute atomic E-state index is 0.00860. The van der Waals surface area contributed by atoms with Crippen LogP contribution in [0.5, 0.6) is 23.0 Å². The molecule has 0 unspecified atom stereocenters. The number of nitrogens with one attached hydrogen (secondary N) is 1. The second-order valence-electron chi connectivity index (χ2n) is 7.46. The molecule has 32 heavy (non-hydrogen) atoms. The molecule has 0 saturated carbocycles. The number of rotatable bonds is 8. The van der Waals surface area contributed by atoms with E-state index in [9.17, 15) is 18.4 Å². The first-order valence-electron chi connectivity index (χ1n) is 10.2. The third-order valence-electron chi connectivity index (χ3n) is 5.87. The maximum Gasteiger partial charge on any atom is 0.265 e. The molecular formula is C22H28N2O7S. The average Bonchev–Trinajstić information content (AvgIpc) is 2.83. The summed E-state index contributed by atoms with van der Waals surface area (Å²) in [6.07, 6.45) is 0.193. The van der Waals surface area contributed by atoms with Gasteiger partial charge < -0.3 is 19.1 Å². The molecule has 0 bridgehead atoms. The fourth-order valence-electron chi connectivity index (χ4n) is 3.88. The monoisotopic (exact) mass is 464 g/mol. The number of amides is 1. The molecule has 0 aliphatic carbocycles. The Bertz CT molecular complexity index is 1050. The Morgan fingerprint density at radius 2 is 1.62 bits per heavy atom. The van der Waals surface area contributed by atoms with Crippen LogP contribution in [0.15, 0.2) is 47.4 Å². The van der Waals surface area contributed by atoms with Crippen molar-refractivity contribution in [2.24, 2.45) is 0 Å². The molecule has 2 aromatic rings. The molecule has 2 N–H and O–H groups in total. The number of hydrogen-bond acceptors (Lipinski definition) is 8. The summed E-state index contributed by atoms with van der Waals surface area (Å²) in [7, 11) is -1.01. The molecule has 1 fully saturated rings. The van der Waals surface area contributed by atoms with Crippen molar-refractivity contribution in [3.8, 4) is 23.0 Å². The van der Waals surface area contributed by atoms with Crippen LogP contribution in [0.25, 0.3) is 0 Å². The van der Waals surface area contributed by atoms with Gasteiger partial charge in [0.1, 0.15) is 11.5 Å². The molecule has 174 valence electrons. The lowest BCUT2D eigenvalue weighted by molar-refractivity contribution is -0.133. The Morgan fingerprint density at radius 3 is 2.16 bits per heavy atom. The zero-order valence-electron chi connectivity index (χ0n) is 18.3. The third kappa shape index (κ3) is 4.38. The van der Waals surface area contributed by atoms with Crippen LogP contribution in [0.3, 0.4) is 0 Å². The number of nitrogens with zero attached hydrogens (tertiary/aromatic N) is 1. The molecule has 9 nitrogen and oxygen atoms in total. The third-order valence-corrected chi connectivity index (χ3v) is 8.38. The van der Waals surface area contributed by atoms with Crippen LogP contribution >= 0.6 is 0 Å². The van der Waals surface area contributed by atoms with E-state index in [4.69, 9.17) is 14.2 Å². The first-order valence-corrected chi connectivity index (χ1v) is 11.7. The second-order valence-corrected chi connectivity index (χ2v) is 9.72. The van der Waals surface area contributed by atoms with Crippen molar-refractivity contribution in [2.45, 2.75) is 29.4 Å². The molecule has 1 aliphatic rings. The molecule has 0 spiro atoms. The Morgan fingerprint density at radius 1 is 1.03 bits per heavy atom. The van der Waals surface area contributed by atoms with Gasteiger partial charge in [0, 0.05) is 19.2 Å². The molecular weight excluding hydrogens is 436 g/mol. The highest BCUT2D eigenvalue weighted by atomic mass is 32.2. The molecule has 2 aromatic carbocycles. The van der Waals surface area contributed by atoms with Gasteiger partial charge in [0.2, 0.25) is 0 Å². The van der Waals surface area contributed by atoms with Gasteiger partial charge in [-0.1, -0.05) is 6.92 Å². The number of hydroxylamine groups is 1. The number of benzene rings is 2. The van der Waals surface area contributed by atoms with Crippen molar-refractivity contribution in [2.75, 3.05) is 33.9 Å². The maximum absolute atomic E-state index is 13.5. The van der Waals surface area contributed by atoms with E-state index in [-0.39, 0.29) is 17.7 Å². The van der Waals surface area contributed by atoms with Crippen molar-refractivity contribution in [1.82, 2.24) is 10.4 Å². The normalized spacial score (nSPS) is 16.2. The quantitative estimate of drug-likeness (QED) is 0.453. The standard InChI is InChI=1S/C22H28N2O7S/c1-4-24-13-11-22(12-14-24,21(25)23-26)32(27,28)18-8-5-16(6-9-18)31-17-7-10-19(29-2)20(15-17)30-3/h5-10,15,26H,4,11-14H2,1-3H3,(H,23,25). The van der Waals surface area contributed by atoms with E-state index in [1.54, 1.807) is 23.7 Å². The van der Waals surface area contributed by atoms with Crippen LogP contribution in [0, 0.1) is 0 Å². The van der Waals surface area contributed by atoms with Crippen LogP contribution in [0.2, 0.25) is 0 Å². The first-order chi connectivity index (χ1) is 15.3. The number of carbonyl (C=O) groups is 1. The minimum atomic E-state index is -4.07. The number of hydrogen-bond donors (Lipinski definition) is 2. The van der Waals surface area contributed by atoms with Gasteiger partial charge in [-0.2, -0.15) is 0 Å². The molecule has 1 heterocycles. The van der Waals surface area contributed by atoms with Crippen molar-refractivity contribution in [3.05, 3.63) is 42.5 Å². The molecule has 10 heteroatoms. The Labute approximate surface area is 187 Å². The lowest BCUT2D eigenvalue weighted by Crippen LogP contribution is -2.57. The lowest BCUT2D eigenvalue weighted by Gasteiger charge is -2.39. The van der Waals surface area contributed by atoms with E-state index in [0.29, 0.717) is 36.1 Å². The lowest BCUT2D eigenvalue weighted by atomic mass is 9.95. The second kappa shape index (κ2) is 9.76. The molecule has 3 rings (SSSR count). The van der Waals surface area contributed by atoms with E-state index in [1.807, 2.05) is 6.92 Å². The number of likely N-dealkylation sites (tertiary alicyclic amines) is 1. The van der Waals surface area contributed by atoms with Gasteiger partial charge in [-0.3, -0.25) is 10.0 Å². The smallest absolute Gasteiger partial charge is 0.265 e. The van der Waals surface area contributed by atoms with Gasteiger partial charge in [-0.25, -0.2) is 13.9 Å². The molecule has 0 radical (unpaired) electrons. The summed E-state index contributed by atoms with van der Waals surface area (Å²) in [5, 5.41) is 9.26. The zero-order valence-corrected chi connectivity index (χ0v) is 19.1. The van der Waals surface area contributed by atoms with Crippen molar-refractivity contribution >= 4 is 15.7 Å². The maximum atomic E-state index is 13.5. The summed E-state index contributed by atoms with van der Waals surface area (Å²) in [4.78, 5) is 14.6. The van der Waals surface area contributed by atoms with Crippen LogP contribution in [0.1, 0.15) is 19.8 Å². The van der Waals surface area contributed by atoms with E-state index >= 15 is 0 Å². The first kappa shape index (κ1) is 23.8. The molecule has 1 amide bonds. The topological polar surface area (TPSA) is 114 Å². The van der Waals surface area contributed by atoms with Crippen molar-refractivity contribution < 1.29 is 32.6 Å². The van der Waals surface area contributed by atoms with E-state index in [2.05, 4.69) is 4.90 Å². The number of methoxy groups -OCH3 is 2. The Kier molecular flexibility index (Phi) is 7.27. The van der Waals surface area contributed by atoms with Crippen LogP contribution in [-0.2, 0) is 14.6 Å². The molecule has 1 saturated heterocycles. The summed E-state index contributed by atoms with van der Waals surface area (Å²) in [5.74, 6) is 1.06. The van der Waals surface area contributed by atoms with Gasteiger partial charge in [0.25, 0.3) is 5.91 Å². The summed E-state index contributed by atoms with van der Waals surface area (Å²) < 4.78 is 41.5. The largest absolute Gasteiger partial charge is 0.493 e. The zero-order chi connectivity index (χ0) is 23.4. The van der Waals surface area contributed by atoms with Crippen molar-refractivity contribution in [3.63, 3.8) is 0 Å². The summed E-state index contributed by atoms with van der Waals surface area (Å²) in [6, 6.07) is 10.9. The average molecular weight is 465 g/mol. The van der Waals surface area contributed by atoms with Crippen LogP contribution in [0.4, 0.5) is 0 Å². The Balaban J connectivity index is 1.86. The van der Waals surface area contributed by atoms with Crippen molar-refractivity contribution in [1.29, 1.82) is 0 Å². The van der Waals surface area contributed by atoms with Gasteiger partial charge in [0.05, 0.1) is 19.1 Å². The number of sulfone groups is 1. The van der Waals surface area contributed by atoms with E-state index in [0.717, 1.165) is 6.54 Å². The number of carbonyl (C=O) groups excluding carboxylic acids is 1. The van der Waals surface area contributed by atoms with Crippen LogP contribution < -0.4 is 19.7 Å². The number of piperidine rings is 1. The minimum Gasteiger partial charge on any atom is -0.493 e. The highest BCUT2D eigenvalue weighted by Gasteiger charge is 2.52. The highest BCUT2D eigenvalue weighted by Crippen LogP contribution is 2.37. The molecule has 0 atom stereocenters. The van der Waals surface area contributed by atoms with Crippen LogP contribution in [-0.4, -0.2) is 63.0 Å². The SMILES string of the molecule is CCN1CCC(C(=O)NO)(S(=O)(=O)c2ccc(Oc3ccc(OC)c(OC)c3)cc2)CC1. The number of ether oxygens (including phenoxy) is 3. The van der Waals surface area contributed by atoms with Gasteiger partial charge in [0.15, 0.2) is 26.1 Å². The highest BCUT2D eigenvalue weighted by molar-refractivity contribution is 7.93. The molecule has 1 aliphatic heterocycles. The van der Waals surface area contributed by atoms with E-state index < -0.39 is 20.5 Å². The van der Waals surface area contributed by atoms with Gasteiger partial charge in [-0.15, -0.1) is 0 Å².